The summed E-state index contributed by atoms with van der Waals surface area (Å²) in [6, 6.07) is 8.01. The number of likely N-dealkylation sites (tertiary alicyclic amines) is 1. The molecule has 1 fully saturated rings. The summed E-state index contributed by atoms with van der Waals surface area (Å²) < 4.78 is 39.1. The van der Waals surface area contributed by atoms with Gasteiger partial charge in [-0.2, -0.15) is 13.2 Å². The van der Waals surface area contributed by atoms with E-state index in [1.807, 2.05) is 30.3 Å². The number of carboxylic acids is 1. The number of halogens is 3. The van der Waals surface area contributed by atoms with E-state index in [0.717, 1.165) is 10.5 Å². The van der Waals surface area contributed by atoms with Gasteiger partial charge in [0.1, 0.15) is 0 Å². The molecule has 1 aromatic carbocycles. The van der Waals surface area contributed by atoms with Crippen molar-refractivity contribution in [2.45, 2.75) is 25.1 Å². The predicted molar refractivity (Wildman–Crippen MR) is 88.2 cm³/mol. The van der Waals surface area contributed by atoms with Crippen LogP contribution in [0.25, 0.3) is 0 Å². The molecule has 0 aromatic heterocycles. The highest BCUT2D eigenvalue weighted by Crippen LogP contribution is 2.37. The molecule has 5 nitrogen and oxygen atoms in total. The first-order valence-corrected chi connectivity index (χ1v) is 8.04. The highest BCUT2D eigenvalue weighted by atomic mass is 19.4. The fourth-order valence-electron chi connectivity index (χ4n) is 3.03. The largest absolute Gasteiger partial charge is 0.481 e. The van der Waals surface area contributed by atoms with Crippen LogP contribution in [0.2, 0.25) is 0 Å². The summed E-state index contributed by atoms with van der Waals surface area (Å²) in [5, 5.41) is 11.6. The van der Waals surface area contributed by atoms with E-state index in [9.17, 15) is 22.8 Å². The van der Waals surface area contributed by atoms with E-state index in [2.05, 4.69) is 11.2 Å². The average molecular weight is 368 g/mol. The van der Waals surface area contributed by atoms with E-state index in [0.29, 0.717) is 6.42 Å². The number of hydrogen-bond donors (Lipinski definition) is 2. The number of nitrogens with zero attached hydrogens (tertiary/aromatic N) is 1. The number of alkyl halides is 3. The molecule has 0 aliphatic carbocycles. The second-order valence-corrected chi connectivity index (χ2v) is 6.24. The molecule has 2 rings (SSSR count). The molecule has 2 amide bonds. The topological polar surface area (TPSA) is 69.6 Å². The van der Waals surface area contributed by atoms with E-state index >= 15 is 0 Å². The molecule has 1 aliphatic rings. The number of carbonyl (C=O) groups excluding carboxylic acids is 1. The maximum atomic E-state index is 13.0. The van der Waals surface area contributed by atoms with Crippen molar-refractivity contribution < 1.29 is 27.9 Å². The number of nitrogens with one attached hydrogen (secondary N) is 1. The van der Waals surface area contributed by atoms with Gasteiger partial charge in [0, 0.05) is 25.6 Å². The number of terminal acetylenes is 1. The summed E-state index contributed by atoms with van der Waals surface area (Å²) in [6.45, 7) is -1.17. The normalized spacial score (nSPS) is 21.1. The van der Waals surface area contributed by atoms with Crippen LogP contribution in [-0.4, -0.2) is 47.3 Å². The van der Waals surface area contributed by atoms with Gasteiger partial charge >= 0.3 is 18.2 Å². The zero-order chi connectivity index (χ0) is 19.3. The summed E-state index contributed by atoms with van der Waals surface area (Å²) in [4.78, 5) is 24.3. The maximum absolute atomic E-state index is 13.0. The number of amides is 2. The standard InChI is InChI=1S/C18H19F3N2O3/c1-2-6-13(9-12-7-4-3-5-8-12)22-17(26)23-10-14(16(24)25)15(11-23)18(19,20)21/h1,3-5,7-8,13-15H,6,9-11H2,(H,22,26)(H,24,25)/t13?,14-,15-/m1/s1. The van der Waals surface area contributed by atoms with Gasteiger partial charge in [-0.3, -0.25) is 4.79 Å². The molecule has 8 heteroatoms. The third kappa shape index (κ3) is 4.91. The summed E-state index contributed by atoms with van der Waals surface area (Å²) in [6.07, 6.45) is 1.27. The fourth-order valence-corrected chi connectivity index (χ4v) is 3.03. The number of rotatable bonds is 5. The van der Waals surface area contributed by atoms with Crippen LogP contribution in [0.1, 0.15) is 12.0 Å². The number of carbonyl (C=O) groups is 2. The van der Waals surface area contributed by atoms with Gasteiger partial charge in [0.15, 0.2) is 0 Å². The number of aliphatic carboxylic acids is 1. The lowest BCUT2D eigenvalue weighted by atomic mass is 9.96. The van der Waals surface area contributed by atoms with Crippen LogP contribution >= 0.6 is 0 Å². The number of carboxylic acid groups (broad SMARTS) is 1. The Balaban J connectivity index is 2.05. The van der Waals surface area contributed by atoms with E-state index in [1.54, 1.807) is 0 Å². The molecular formula is C18H19F3N2O3. The number of hydrogen-bond acceptors (Lipinski definition) is 2. The smallest absolute Gasteiger partial charge is 0.394 e. The van der Waals surface area contributed by atoms with Crippen molar-refractivity contribution in [1.82, 2.24) is 10.2 Å². The maximum Gasteiger partial charge on any atom is 0.394 e. The number of urea groups is 1. The van der Waals surface area contributed by atoms with E-state index in [-0.39, 0.29) is 6.42 Å². The Morgan fingerprint density at radius 1 is 1.31 bits per heavy atom. The van der Waals surface area contributed by atoms with Gasteiger partial charge in [-0.05, 0) is 12.0 Å². The zero-order valence-electron chi connectivity index (χ0n) is 13.9. The summed E-state index contributed by atoms with van der Waals surface area (Å²) in [5.74, 6) is -2.87. The minimum Gasteiger partial charge on any atom is -0.481 e. The minimum atomic E-state index is -4.68. The number of benzene rings is 1. The lowest BCUT2D eigenvalue weighted by Gasteiger charge is -2.22. The molecular weight excluding hydrogens is 349 g/mol. The van der Waals surface area contributed by atoms with Crippen LogP contribution in [0.15, 0.2) is 30.3 Å². The van der Waals surface area contributed by atoms with Crippen LogP contribution in [0, 0.1) is 24.2 Å². The fraction of sp³-hybridized carbons (Fsp3) is 0.444. The second kappa shape index (κ2) is 8.13. The molecule has 0 radical (unpaired) electrons. The molecule has 1 unspecified atom stereocenters. The Morgan fingerprint density at radius 2 is 1.96 bits per heavy atom. The molecule has 1 aromatic rings. The van der Waals surface area contributed by atoms with Gasteiger partial charge < -0.3 is 15.3 Å². The average Bonchev–Trinajstić information content (AvgIpc) is 3.02. The van der Waals surface area contributed by atoms with E-state index in [4.69, 9.17) is 11.5 Å². The SMILES string of the molecule is C#CCC(Cc1ccccc1)NC(=O)N1C[C@@H](C(F)(F)F)[C@H](C(=O)O)C1. The Kier molecular flexibility index (Phi) is 6.14. The van der Waals surface area contributed by atoms with Crippen LogP contribution in [0.4, 0.5) is 18.0 Å². The van der Waals surface area contributed by atoms with E-state index in [1.165, 1.54) is 0 Å². The molecule has 2 N–H and O–H groups in total. The van der Waals surface area contributed by atoms with Crippen LogP contribution in [0.5, 0.6) is 0 Å². The van der Waals surface area contributed by atoms with Crippen LogP contribution in [-0.2, 0) is 11.2 Å². The first kappa shape index (κ1) is 19.6. The quantitative estimate of drug-likeness (QED) is 0.785. The third-order valence-electron chi connectivity index (χ3n) is 4.36. The van der Waals surface area contributed by atoms with Gasteiger partial charge in [0.25, 0.3) is 0 Å². The molecule has 0 saturated carbocycles. The summed E-state index contributed by atoms with van der Waals surface area (Å²) >= 11 is 0. The van der Waals surface area contributed by atoms with Gasteiger partial charge in [0.2, 0.25) is 0 Å². The first-order chi connectivity index (χ1) is 12.2. The molecule has 1 saturated heterocycles. The summed E-state index contributed by atoms with van der Waals surface area (Å²) in [5.41, 5.74) is 0.922. The Bertz CT molecular complexity index is 685. The highest BCUT2D eigenvalue weighted by Gasteiger charge is 2.53. The molecule has 140 valence electrons. The van der Waals surface area contributed by atoms with Crippen molar-refractivity contribution in [3.63, 3.8) is 0 Å². The Hall–Kier alpha value is -2.69. The van der Waals surface area contributed by atoms with Crippen molar-refractivity contribution in [1.29, 1.82) is 0 Å². The van der Waals surface area contributed by atoms with Crippen LogP contribution < -0.4 is 5.32 Å². The molecule has 3 atom stereocenters. The molecule has 1 aliphatic heterocycles. The van der Waals surface area contributed by atoms with Crippen molar-refractivity contribution in [3.05, 3.63) is 35.9 Å². The van der Waals surface area contributed by atoms with Crippen molar-refractivity contribution >= 4 is 12.0 Å². The second-order valence-electron chi connectivity index (χ2n) is 6.24. The molecule has 0 spiro atoms. The van der Waals surface area contributed by atoms with Crippen LogP contribution in [0.3, 0.4) is 0 Å². The zero-order valence-corrected chi connectivity index (χ0v) is 13.9. The van der Waals surface area contributed by atoms with Gasteiger partial charge in [-0.1, -0.05) is 30.3 Å². The third-order valence-corrected chi connectivity index (χ3v) is 4.36. The van der Waals surface area contributed by atoms with Crippen molar-refractivity contribution in [2.24, 2.45) is 11.8 Å². The Labute approximate surface area is 149 Å². The molecule has 0 bridgehead atoms. The highest BCUT2D eigenvalue weighted by molar-refractivity contribution is 5.78. The van der Waals surface area contributed by atoms with Gasteiger partial charge in [-0.25, -0.2) is 4.79 Å². The van der Waals surface area contributed by atoms with E-state index < -0.39 is 49.1 Å². The predicted octanol–water partition coefficient (Wildman–Crippen LogP) is 2.53. The first-order valence-electron chi connectivity index (χ1n) is 8.04. The lowest BCUT2D eigenvalue weighted by Crippen LogP contribution is -2.45. The minimum absolute atomic E-state index is 0.208. The Morgan fingerprint density at radius 3 is 2.46 bits per heavy atom. The van der Waals surface area contributed by atoms with Crippen molar-refractivity contribution in [3.8, 4) is 12.3 Å². The lowest BCUT2D eigenvalue weighted by molar-refractivity contribution is -0.187. The van der Waals surface area contributed by atoms with Crippen molar-refractivity contribution in [2.75, 3.05) is 13.1 Å². The molecule has 1 heterocycles. The monoisotopic (exact) mass is 368 g/mol. The van der Waals surface area contributed by atoms with Gasteiger partial charge in [-0.15, -0.1) is 12.3 Å². The van der Waals surface area contributed by atoms with Gasteiger partial charge in [0.05, 0.1) is 11.8 Å². The summed E-state index contributed by atoms with van der Waals surface area (Å²) in [7, 11) is 0. The molecule has 26 heavy (non-hydrogen) atoms.